The molecule has 2 heteroatoms. The van der Waals surface area contributed by atoms with Gasteiger partial charge in [0.05, 0.1) is 0 Å². The summed E-state index contributed by atoms with van der Waals surface area (Å²) in [6.07, 6.45) is 10.2. The summed E-state index contributed by atoms with van der Waals surface area (Å²) in [6.45, 7) is 2.30. The highest BCUT2D eigenvalue weighted by molar-refractivity contribution is 5.95. The van der Waals surface area contributed by atoms with Crippen molar-refractivity contribution in [2.24, 2.45) is 0 Å². The molecule has 1 aliphatic heterocycles. The van der Waals surface area contributed by atoms with Crippen LogP contribution in [0.5, 0.6) is 0 Å². The van der Waals surface area contributed by atoms with Crippen molar-refractivity contribution in [2.45, 2.75) is 44.9 Å². The number of Topliss-reactive ketones (excluding diaryl/α,β-unsaturated/α-hetero) is 1. The van der Waals surface area contributed by atoms with Crippen LogP contribution in [0.15, 0.2) is 11.8 Å². The number of ketones is 1. The van der Waals surface area contributed by atoms with E-state index in [0.29, 0.717) is 5.78 Å². The van der Waals surface area contributed by atoms with Crippen LogP contribution in [0.25, 0.3) is 0 Å². The van der Waals surface area contributed by atoms with Crippen molar-refractivity contribution in [3.8, 4) is 0 Å². The Bertz CT molecular complexity index is 239. The van der Waals surface area contributed by atoms with E-state index in [2.05, 4.69) is 11.1 Å². The van der Waals surface area contributed by atoms with Gasteiger partial charge in [0, 0.05) is 31.3 Å². The zero-order valence-electron chi connectivity index (χ0n) is 8.80. The van der Waals surface area contributed by atoms with Gasteiger partial charge in [-0.1, -0.05) is 0 Å². The molecule has 0 aromatic heterocycles. The number of carbonyl (C=O) groups excluding carboxylic acids is 1. The molecule has 0 aromatic carbocycles. The van der Waals surface area contributed by atoms with E-state index in [-0.39, 0.29) is 0 Å². The molecular formula is C12H19NO. The third-order valence-corrected chi connectivity index (χ3v) is 3.19. The monoisotopic (exact) mass is 193 g/mol. The second-order valence-electron chi connectivity index (χ2n) is 4.38. The SMILES string of the molecule is O=C1CCCCC1=CN1CCCCC1. The first kappa shape index (κ1) is 9.75. The summed E-state index contributed by atoms with van der Waals surface area (Å²) in [6, 6.07) is 0. The van der Waals surface area contributed by atoms with Crippen LogP contribution in [-0.2, 0) is 4.79 Å². The highest BCUT2D eigenvalue weighted by Gasteiger charge is 2.16. The predicted octanol–water partition coefficient (Wildman–Crippen LogP) is 2.50. The Kier molecular flexibility index (Phi) is 3.22. The Hall–Kier alpha value is -0.790. The Balaban J connectivity index is 1.96. The van der Waals surface area contributed by atoms with Gasteiger partial charge in [-0.3, -0.25) is 4.79 Å². The summed E-state index contributed by atoms with van der Waals surface area (Å²) in [5.41, 5.74) is 1.08. The van der Waals surface area contributed by atoms with Gasteiger partial charge in [0.2, 0.25) is 0 Å². The summed E-state index contributed by atoms with van der Waals surface area (Å²) < 4.78 is 0. The van der Waals surface area contributed by atoms with E-state index in [0.717, 1.165) is 37.9 Å². The average molecular weight is 193 g/mol. The average Bonchev–Trinajstić information content (AvgIpc) is 2.23. The van der Waals surface area contributed by atoms with E-state index in [9.17, 15) is 4.79 Å². The molecule has 0 aromatic rings. The lowest BCUT2D eigenvalue weighted by atomic mass is 9.94. The van der Waals surface area contributed by atoms with Gasteiger partial charge in [0.25, 0.3) is 0 Å². The standard InChI is InChI=1S/C12H19NO/c14-12-7-3-2-6-11(12)10-13-8-4-1-5-9-13/h10H,1-9H2. The Morgan fingerprint density at radius 2 is 1.64 bits per heavy atom. The fourth-order valence-electron chi connectivity index (χ4n) is 2.31. The van der Waals surface area contributed by atoms with Crippen LogP contribution >= 0.6 is 0 Å². The van der Waals surface area contributed by atoms with E-state index >= 15 is 0 Å². The number of nitrogens with zero attached hydrogens (tertiary/aromatic N) is 1. The topological polar surface area (TPSA) is 20.3 Å². The molecule has 0 unspecified atom stereocenters. The summed E-state index contributed by atoms with van der Waals surface area (Å²) in [5.74, 6) is 0.391. The number of allylic oxidation sites excluding steroid dienone is 1. The van der Waals surface area contributed by atoms with Gasteiger partial charge in [-0.25, -0.2) is 0 Å². The van der Waals surface area contributed by atoms with Gasteiger partial charge < -0.3 is 4.90 Å². The van der Waals surface area contributed by atoms with Gasteiger partial charge in [0.1, 0.15) is 0 Å². The van der Waals surface area contributed by atoms with Crippen LogP contribution in [-0.4, -0.2) is 23.8 Å². The highest BCUT2D eigenvalue weighted by atomic mass is 16.1. The van der Waals surface area contributed by atoms with Crippen molar-refractivity contribution in [3.63, 3.8) is 0 Å². The molecule has 1 aliphatic carbocycles. The van der Waals surface area contributed by atoms with Crippen molar-refractivity contribution in [3.05, 3.63) is 11.8 Å². The molecule has 0 amide bonds. The maximum absolute atomic E-state index is 11.6. The first-order chi connectivity index (χ1) is 6.86. The Labute approximate surface area is 86.0 Å². The molecule has 78 valence electrons. The molecule has 0 radical (unpaired) electrons. The fraction of sp³-hybridized carbons (Fsp3) is 0.750. The second kappa shape index (κ2) is 4.63. The summed E-state index contributed by atoms with van der Waals surface area (Å²) in [4.78, 5) is 13.9. The Morgan fingerprint density at radius 1 is 0.929 bits per heavy atom. The van der Waals surface area contributed by atoms with Crippen LogP contribution in [0.3, 0.4) is 0 Å². The molecule has 1 saturated heterocycles. The first-order valence-corrected chi connectivity index (χ1v) is 5.84. The van der Waals surface area contributed by atoms with Gasteiger partial charge >= 0.3 is 0 Å². The molecule has 0 bridgehead atoms. The van der Waals surface area contributed by atoms with Gasteiger partial charge in [-0.2, -0.15) is 0 Å². The highest BCUT2D eigenvalue weighted by Crippen LogP contribution is 2.21. The molecule has 2 fully saturated rings. The van der Waals surface area contributed by atoms with Crippen LogP contribution < -0.4 is 0 Å². The molecule has 0 atom stereocenters. The summed E-state index contributed by atoms with van der Waals surface area (Å²) in [7, 11) is 0. The van der Waals surface area contributed by atoms with Crippen LogP contribution in [0.4, 0.5) is 0 Å². The lowest BCUT2D eigenvalue weighted by molar-refractivity contribution is -0.116. The molecule has 0 spiro atoms. The zero-order valence-corrected chi connectivity index (χ0v) is 8.80. The normalized spacial score (nSPS) is 27.0. The van der Waals surface area contributed by atoms with Crippen molar-refractivity contribution in [2.75, 3.05) is 13.1 Å². The minimum atomic E-state index is 0.391. The van der Waals surface area contributed by atoms with Gasteiger partial charge in [-0.05, 0) is 38.5 Å². The van der Waals surface area contributed by atoms with Gasteiger partial charge in [-0.15, -0.1) is 0 Å². The maximum Gasteiger partial charge on any atom is 0.160 e. The smallest absolute Gasteiger partial charge is 0.160 e. The van der Waals surface area contributed by atoms with Crippen molar-refractivity contribution in [1.29, 1.82) is 0 Å². The molecule has 1 saturated carbocycles. The lowest BCUT2D eigenvalue weighted by Gasteiger charge is -2.26. The minimum absolute atomic E-state index is 0.391. The first-order valence-electron chi connectivity index (χ1n) is 5.84. The number of hydrogen-bond donors (Lipinski definition) is 0. The zero-order chi connectivity index (χ0) is 9.80. The number of carbonyl (C=O) groups is 1. The van der Waals surface area contributed by atoms with E-state index < -0.39 is 0 Å². The number of hydrogen-bond acceptors (Lipinski definition) is 2. The van der Waals surface area contributed by atoms with E-state index in [1.54, 1.807) is 0 Å². The van der Waals surface area contributed by atoms with E-state index in [4.69, 9.17) is 0 Å². The second-order valence-corrected chi connectivity index (χ2v) is 4.38. The Morgan fingerprint density at radius 3 is 2.36 bits per heavy atom. The molecule has 2 rings (SSSR count). The summed E-state index contributed by atoms with van der Waals surface area (Å²) >= 11 is 0. The number of likely N-dealkylation sites (tertiary alicyclic amines) is 1. The largest absolute Gasteiger partial charge is 0.377 e. The molecule has 0 N–H and O–H groups in total. The molecule has 1 heterocycles. The molecule has 14 heavy (non-hydrogen) atoms. The van der Waals surface area contributed by atoms with Crippen molar-refractivity contribution >= 4 is 5.78 Å². The van der Waals surface area contributed by atoms with Crippen LogP contribution in [0, 0.1) is 0 Å². The third-order valence-electron chi connectivity index (χ3n) is 3.19. The number of rotatable bonds is 1. The van der Waals surface area contributed by atoms with Crippen molar-refractivity contribution in [1.82, 2.24) is 4.90 Å². The molecule has 2 nitrogen and oxygen atoms in total. The molecular weight excluding hydrogens is 174 g/mol. The molecule has 2 aliphatic rings. The van der Waals surface area contributed by atoms with E-state index in [1.807, 2.05) is 0 Å². The van der Waals surface area contributed by atoms with Gasteiger partial charge in [0.15, 0.2) is 5.78 Å². The fourth-order valence-corrected chi connectivity index (χ4v) is 2.31. The third kappa shape index (κ3) is 2.37. The predicted molar refractivity (Wildman–Crippen MR) is 57.0 cm³/mol. The van der Waals surface area contributed by atoms with Crippen molar-refractivity contribution < 1.29 is 4.79 Å². The van der Waals surface area contributed by atoms with E-state index in [1.165, 1.54) is 25.7 Å². The summed E-state index contributed by atoms with van der Waals surface area (Å²) in [5, 5.41) is 0. The lowest BCUT2D eigenvalue weighted by Crippen LogP contribution is -2.26. The maximum atomic E-state index is 11.6. The van der Waals surface area contributed by atoms with Crippen LogP contribution in [0.2, 0.25) is 0 Å². The van der Waals surface area contributed by atoms with Crippen LogP contribution in [0.1, 0.15) is 44.9 Å². The minimum Gasteiger partial charge on any atom is -0.377 e. The quantitative estimate of drug-likeness (QED) is 0.596. The number of piperidine rings is 1.